The summed E-state index contributed by atoms with van der Waals surface area (Å²) in [4.78, 5) is 28.6. The molecule has 0 aliphatic heterocycles. The van der Waals surface area contributed by atoms with Gasteiger partial charge in [0.05, 0.1) is 11.4 Å². The molecule has 2 aromatic rings. The zero-order chi connectivity index (χ0) is 16.7. The van der Waals surface area contributed by atoms with Crippen LogP contribution in [0, 0.1) is 0 Å². The summed E-state index contributed by atoms with van der Waals surface area (Å²) in [6, 6.07) is 10.9. The predicted octanol–water partition coefficient (Wildman–Crippen LogP) is 4.82. The summed E-state index contributed by atoms with van der Waals surface area (Å²) in [5.41, 5.74) is 3.66. The van der Waals surface area contributed by atoms with E-state index in [0.717, 1.165) is 29.0 Å². The molecule has 0 aromatic heterocycles. The zero-order valence-electron chi connectivity index (χ0n) is 12.7. The van der Waals surface area contributed by atoms with Crippen molar-refractivity contribution >= 4 is 35.1 Å². The van der Waals surface area contributed by atoms with Gasteiger partial charge in [0.15, 0.2) is 0 Å². The fraction of sp³-hybridized carbons (Fsp3) is 0.222. The quantitative estimate of drug-likeness (QED) is 0.564. The Bertz CT molecular complexity index is 768. The molecule has 0 atom stereocenters. The van der Waals surface area contributed by atoms with Gasteiger partial charge in [0.2, 0.25) is 12.2 Å². The van der Waals surface area contributed by atoms with E-state index in [2.05, 4.69) is 16.9 Å². The highest BCUT2D eigenvalue weighted by Crippen LogP contribution is 2.32. The molecule has 0 spiro atoms. The van der Waals surface area contributed by atoms with Gasteiger partial charge in [-0.1, -0.05) is 43.1 Å². The minimum atomic E-state index is 0.448. The Kier molecular flexibility index (Phi) is 6.02. The Morgan fingerprint density at radius 2 is 1.70 bits per heavy atom. The molecular formula is C18H15ClN2O2. The summed E-state index contributed by atoms with van der Waals surface area (Å²) in [5, 5.41) is 0.737. The van der Waals surface area contributed by atoms with Gasteiger partial charge in [-0.2, -0.15) is 9.98 Å². The first-order chi connectivity index (χ1) is 11.2. The SMILES string of the molecule is CCCc1cc(Cc2c(N=C=O)cccc2N=C=O)ccc1Cl. The summed E-state index contributed by atoms with van der Waals surface area (Å²) >= 11 is 6.20. The number of aryl methyl sites for hydroxylation is 1. The summed E-state index contributed by atoms with van der Waals surface area (Å²) in [5.74, 6) is 0. The van der Waals surface area contributed by atoms with Gasteiger partial charge in [-0.3, -0.25) is 0 Å². The Morgan fingerprint density at radius 1 is 1.04 bits per heavy atom. The maximum atomic E-state index is 10.6. The van der Waals surface area contributed by atoms with Crippen molar-refractivity contribution in [2.24, 2.45) is 9.98 Å². The molecule has 0 aliphatic rings. The molecule has 0 saturated heterocycles. The standard InChI is InChI=1S/C18H15ClN2O2/c1-2-4-14-9-13(7-8-16(14)19)10-15-17(20-11-22)5-3-6-18(15)21-12-23/h3,5-9H,2,4,10H2,1H3. The average Bonchev–Trinajstić information content (AvgIpc) is 2.54. The van der Waals surface area contributed by atoms with Crippen LogP contribution in [0.3, 0.4) is 0 Å². The number of hydrogen-bond acceptors (Lipinski definition) is 4. The van der Waals surface area contributed by atoms with Crippen LogP contribution in [0.4, 0.5) is 11.4 Å². The molecule has 23 heavy (non-hydrogen) atoms. The number of rotatable bonds is 6. The van der Waals surface area contributed by atoms with Crippen molar-refractivity contribution in [2.75, 3.05) is 0 Å². The molecule has 0 aliphatic carbocycles. The molecule has 0 unspecified atom stereocenters. The minimum absolute atomic E-state index is 0.448. The molecule has 0 amide bonds. The molecule has 5 heteroatoms. The van der Waals surface area contributed by atoms with Crippen LogP contribution in [0.25, 0.3) is 0 Å². The molecule has 0 heterocycles. The molecule has 2 rings (SSSR count). The lowest BCUT2D eigenvalue weighted by atomic mass is 9.98. The smallest absolute Gasteiger partial charge is 0.211 e. The lowest BCUT2D eigenvalue weighted by Crippen LogP contribution is -1.93. The van der Waals surface area contributed by atoms with Crippen LogP contribution in [0.2, 0.25) is 5.02 Å². The van der Waals surface area contributed by atoms with Gasteiger partial charge >= 0.3 is 0 Å². The molecule has 0 fully saturated rings. The monoisotopic (exact) mass is 326 g/mol. The predicted molar refractivity (Wildman–Crippen MR) is 90.3 cm³/mol. The number of nitrogens with zero attached hydrogens (tertiary/aromatic N) is 2. The van der Waals surface area contributed by atoms with E-state index >= 15 is 0 Å². The van der Waals surface area contributed by atoms with E-state index in [1.807, 2.05) is 18.2 Å². The van der Waals surface area contributed by atoms with Gasteiger partial charge < -0.3 is 0 Å². The van der Waals surface area contributed by atoms with Gasteiger partial charge in [-0.25, -0.2) is 9.59 Å². The van der Waals surface area contributed by atoms with Crippen molar-refractivity contribution in [3.8, 4) is 0 Å². The Hall–Kier alpha value is -2.51. The summed E-state index contributed by atoms with van der Waals surface area (Å²) in [6.07, 6.45) is 5.43. The largest absolute Gasteiger partial charge is 0.240 e. The van der Waals surface area contributed by atoms with Crippen LogP contribution in [-0.4, -0.2) is 12.2 Å². The summed E-state index contributed by atoms with van der Waals surface area (Å²) in [6.45, 7) is 2.09. The lowest BCUT2D eigenvalue weighted by molar-refractivity contribution is 0.565. The van der Waals surface area contributed by atoms with Crippen molar-refractivity contribution in [3.05, 3.63) is 58.1 Å². The number of carbonyl (C=O) groups excluding carboxylic acids is 2. The van der Waals surface area contributed by atoms with Crippen molar-refractivity contribution in [3.63, 3.8) is 0 Å². The highest BCUT2D eigenvalue weighted by atomic mass is 35.5. The van der Waals surface area contributed by atoms with E-state index < -0.39 is 0 Å². The molecule has 116 valence electrons. The molecular weight excluding hydrogens is 312 g/mol. The first-order valence-corrected chi connectivity index (χ1v) is 7.62. The van der Waals surface area contributed by atoms with Crippen molar-refractivity contribution in [1.29, 1.82) is 0 Å². The maximum Gasteiger partial charge on any atom is 0.240 e. The van der Waals surface area contributed by atoms with Crippen molar-refractivity contribution in [2.45, 2.75) is 26.2 Å². The number of hydrogen-bond donors (Lipinski definition) is 0. The Morgan fingerprint density at radius 3 is 2.26 bits per heavy atom. The molecule has 0 radical (unpaired) electrons. The maximum absolute atomic E-state index is 10.6. The van der Waals surface area contributed by atoms with Gasteiger partial charge in [-0.15, -0.1) is 0 Å². The second-order valence-corrected chi connectivity index (χ2v) is 5.44. The second kappa shape index (κ2) is 8.21. The third-order valence-electron chi connectivity index (χ3n) is 3.47. The fourth-order valence-corrected chi connectivity index (χ4v) is 2.67. The van der Waals surface area contributed by atoms with Crippen LogP contribution in [0.1, 0.15) is 30.0 Å². The second-order valence-electron chi connectivity index (χ2n) is 5.03. The highest BCUT2D eigenvalue weighted by Gasteiger charge is 2.10. The number of halogens is 1. The normalized spacial score (nSPS) is 9.83. The minimum Gasteiger partial charge on any atom is -0.211 e. The highest BCUT2D eigenvalue weighted by molar-refractivity contribution is 6.31. The zero-order valence-corrected chi connectivity index (χ0v) is 13.4. The van der Waals surface area contributed by atoms with Gasteiger partial charge in [0.25, 0.3) is 0 Å². The third-order valence-corrected chi connectivity index (χ3v) is 3.84. The van der Waals surface area contributed by atoms with E-state index in [4.69, 9.17) is 11.6 Å². The third kappa shape index (κ3) is 4.24. The molecule has 2 aromatic carbocycles. The topological polar surface area (TPSA) is 58.9 Å². The Labute approximate surface area is 139 Å². The van der Waals surface area contributed by atoms with Crippen LogP contribution in [0.15, 0.2) is 46.4 Å². The number of aliphatic imine (C=N–C) groups is 2. The molecule has 0 bridgehead atoms. The number of isocyanates is 2. The van der Waals surface area contributed by atoms with Crippen LogP contribution in [-0.2, 0) is 22.4 Å². The first kappa shape index (κ1) is 16.9. The van der Waals surface area contributed by atoms with E-state index in [9.17, 15) is 9.59 Å². The van der Waals surface area contributed by atoms with Crippen LogP contribution < -0.4 is 0 Å². The van der Waals surface area contributed by atoms with Crippen molar-refractivity contribution < 1.29 is 9.59 Å². The number of benzene rings is 2. The summed E-state index contributed by atoms with van der Waals surface area (Å²) < 4.78 is 0. The van der Waals surface area contributed by atoms with Crippen LogP contribution in [0.5, 0.6) is 0 Å². The van der Waals surface area contributed by atoms with Crippen molar-refractivity contribution in [1.82, 2.24) is 0 Å². The molecule has 0 N–H and O–H groups in total. The van der Waals surface area contributed by atoms with Gasteiger partial charge in [-0.05, 0) is 35.7 Å². The lowest BCUT2D eigenvalue weighted by Gasteiger charge is -2.10. The van der Waals surface area contributed by atoms with Crippen LogP contribution >= 0.6 is 11.6 Å². The van der Waals surface area contributed by atoms with E-state index in [-0.39, 0.29) is 0 Å². The molecule has 4 nitrogen and oxygen atoms in total. The summed E-state index contributed by atoms with van der Waals surface area (Å²) in [7, 11) is 0. The van der Waals surface area contributed by atoms with E-state index in [0.29, 0.717) is 23.4 Å². The van der Waals surface area contributed by atoms with Gasteiger partial charge in [0.1, 0.15) is 0 Å². The van der Waals surface area contributed by atoms with Gasteiger partial charge in [0, 0.05) is 17.0 Å². The average molecular weight is 327 g/mol. The van der Waals surface area contributed by atoms with E-state index in [1.54, 1.807) is 18.2 Å². The molecule has 0 saturated carbocycles. The first-order valence-electron chi connectivity index (χ1n) is 7.24. The Balaban J connectivity index is 2.48. The van der Waals surface area contributed by atoms with E-state index in [1.165, 1.54) is 12.2 Å². The fourth-order valence-electron chi connectivity index (χ4n) is 2.45.